The van der Waals surface area contributed by atoms with Crippen LogP contribution in [0.5, 0.6) is 5.75 Å². The molecule has 0 aromatic heterocycles. The Hall–Kier alpha value is -2.04. The fraction of sp³-hybridized carbons (Fsp3) is 0.143. The van der Waals surface area contributed by atoms with Gasteiger partial charge in [-0.15, -0.1) is 0 Å². The number of ether oxygens (including phenoxy) is 1. The summed E-state index contributed by atoms with van der Waals surface area (Å²) >= 11 is 0. The van der Waals surface area contributed by atoms with E-state index in [0.717, 1.165) is 24.3 Å². The van der Waals surface area contributed by atoms with Crippen molar-refractivity contribution in [2.24, 2.45) is 0 Å². The van der Waals surface area contributed by atoms with Crippen LogP contribution in [0.1, 0.15) is 11.1 Å². The van der Waals surface area contributed by atoms with Gasteiger partial charge >= 0.3 is 6.11 Å². The van der Waals surface area contributed by atoms with E-state index in [0.29, 0.717) is 5.56 Å². The van der Waals surface area contributed by atoms with E-state index in [4.69, 9.17) is 0 Å². The number of hydrogen-bond acceptors (Lipinski definition) is 1. The number of halogens is 4. The van der Waals surface area contributed by atoms with E-state index in [1.54, 1.807) is 6.92 Å². The molecule has 0 bridgehead atoms. The average molecular weight is 270 g/mol. The molecule has 0 aliphatic rings. The van der Waals surface area contributed by atoms with E-state index in [1.165, 1.54) is 18.2 Å². The summed E-state index contributed by atoms with van der Waals surface area (Å²) < 4.78 is 58.6. The second kappa shape index (κ2) is 4.91. The van der Waals surface area contributed by atoms with E-state index in [-0.39, 0.29) is 0 Å². The molecular weight excluding hydrogens is 260 g/mol. The summed E-state index contributed by atoms with van der Waals surface area (Å²) in [6.07, 6.45) is -3.94. The molecule has 0 heterocycles. The van der Waals surface area contributed by atoms with Crippen LogP contribution in [0.2, 0.25) is 0 Å². The molecule has 1 nitrogen and oxygen atoms in total. The van der Waals surface area contributed by atoms with Crippen LogP contribution in [0, 0.1) is 18.6 Å². The molecule has 2 aromatic rings. The fourth-order valence-corrected chi connectivity index (χ4v) is 1.58. The lowest BCUT2D eigenvalue weighted by molar-refractivity contribution is -0.188. The zero-order valence-corrected chi connectivity index (χ0v) is 9.96. The van der Waals surface area contributed by atoms with Gasteiger partial charge in [-0.05, 0) is 36.8 Å². The largest absolute Gasteiger partial charge is 0.429 e. The second-order valence-electron chi connectivity index (χ2n) is 4.03. The summed E-state index contributed by atoms with van der Waals surface area (Å²) in [5, 5.41) is 0. The molecule has 0 saturated carbocycles. The van der Waals surface area contributed by atoms with Crippen molar-refractivity contribution in [1.82, 2.24) is 0 Å². The van der Waals surface area contributed by atoms with E-state index < -0.39 is 29.1 Å². The fourth-order valence-electron chi connectivity index (χ4n) is 1.58. The summed E-state index contributed by atoms with van der Waals surface area (Å²) in [5.41, 5.74) is -0.367. The van der Waals surface area contributed by atoms with Crippen molar-refractivity contribution in [2.45, 2.75) is 13.0 Å². The zero-order valence-electron chi connectivity index (χ0n) is 9.96. The lowest BCUT2D eigenvalue weighted by atomic mass is 10.2. The first kappa shape index (κ1) is 13.4. The third-order valence-electron chi connectivity index (χ3n) is 2.51. The van der Waals surface area contributed by atoms with E-state index in [2.05, 4.69) is 4.74 Å². The first-order valence-corrected chi connectivity index (χ1v) is 5.48. The van der Waals surface area contributed by atoms with Gasteiger partial charge in [-0.2, -0.15) is 8.78 Å². The minimum atomic E-state index is -3.94. The summed E-state index contributed by atoms with van der Waals surface area (Å²) in [6, 6.07) is 7.88. The highest BCUT2D eigenvalue weighted by Crippen LogP contribution is 2.34. The van der Waals surface area contributed by atoms with Crippen molar-refractivity contribution in [3.63, 3.8) is 0 Å². The molecular formula is C14H10F4O. The predicted octanol–water partition coefficient (Wildman–Crippen LogP) is 4.40. The van der Waals surface area contributed by atoms with Crippen LogP contribution < -0.4 is 4.74 Å². The van der Waals surface area contributed by atoms with Crippen molar-refractivity contribution in [2.75, 3.05) is 0 Å². The normalized spacial score (nSPS) is 11.4. The van der Waals surface area contributed by atoms with Gasteiger partial charge in [-0.3, -0.25) is 0 Å². The van der Waals surface area contributed by atoms with Gasteiger partial charge in [0.25, 0.3) is 0 Å². The SMILES string of the molecule is Cc1ccc(OC(F)(F)c2ccccc2F)c(F)c1. The molecule has 0 atom stereocenters. The Kier molecular flexibility index (Phi) is 3.46. The molecule has 0 spiro atoms. The molecule has 19 heavy (non-hydrogen) atoms. The summed E-state index contributed by atoms with van der Waals surface area (Å²) in [7, 11) is 0. The highest BCUT2D eigenvalue weighted by atomic mass is 19.3. The van der Waals surface area contributed by atoms with E-state index in [1.807, 2.05) is 0 Å². The topological polar surface area (TPSA) is 9.23 Å². The summed E-state index contributed by atoms with van der Waals surface area (Å²) in [4.78, 5) is 0. The number of alkyl halides is 2. The van der Waals surface area contributed by atoms with Gasteiger partial charge in [-0.1, -0.05) is 18.2 Å². The Morgan fingerprint density at radius 1 is 0.947 bits per heavy atom. The Balaban J connectivity index is 2.33. The molecule has 0 fully saturated rings. The molecule has 0 amide bonds. The van der Waals surface area contributed by atoms with Crippen LogP contribution in [0.15, 0.2) is 42.5 Å². The smallest absolute Gasteiger partial charge is 0.426 e. The van der Waals surface area contributed by atoms with Gasteiger partial charge in [-0.25, -0.2) is 8.78 Å². The first-order valence-electron chi connectivity index (χ1n) is 5.48. The minimum absolute atomic E-state index is 0.569. The Morgan fingerprint density at radius 3 is 2.26 bits per heavy atom. The molecule has 100 valence electrons. The number of aryl methyl sites for hydroxylation is 1. The van der Waals surface area contributed by atoms with E-state index >= 15 is 0 Å². The van der Waals surface area contributed by atoms with Crippen molar-refractivity contribution in [3.05, 3.63) is 65.2 Å². The van der Waals surface area contributed by atoms with Gasteiger partial charge in [0.1, 0.15) is 5.82 Å². The molecule has 0 radical (unpaired) electrons. The van der Waals surface area contributed by atoms with Gasteiger partial charge in [0, 0.05) is 0 Å². The van der Waals surface area contributed by atoms with Gasteiger partial charge in [0.05, 0.1) is 5.56 Å². The van der Waals surface area contributed by atoms with Crippen molar-refractivity contribution >= 4 is 0 Å². The van der Waals surface area contributed by atoms with Crippen molar-refractivity contribution < 1.29 is 22.3 Å². The van der Waals surface area contributed by atoms with Gasteiger partial charge < -0.3 is 4.74 Å². The highest BCUT2D eigenvalue weighted by molar-refractivity contribution is 5.30. The average Bonchev–Trinajstić information content (AvgIpc) is 2.33. The van der Waals surface area contributed by atoms with Crippen LogP contribution in [0.4, 0.5) is 17.6 Å². The lowest BCUT2D eigenvalue weighted by Gasteiger charge is -2.19. The molecule has 0 aliphatic carbocycles. The maximum atomic E-state index is 13.8. The van der Waals surface area contributed by atoms with E-state index in [9.17, 15) is 17.6 Å². The third kappa shape index (κ3) is 2.86. The predicted molar refractivity (Wildman–Crippen MR) is 62.1 cm³/mol. The van der Waals surface area contributed by atoms with Crippen LogP contribution in [0.25, 0.3) is 0 Å². The molecule has 0 saturated heterocycles. The molecule has 2 rings (SSSR count). The maximum absolute atomic E-state index is 13.8. The van der Waals surface area contributed by atoms with Crippen LogP contribution in [-0.4, -0.2) is 0 Å². The molecule has 5 heteroatoms. The lowest BCUT2D eigenvalue weighted by Crippen LogP contribution is -2.23. The number of hydrogen-bond donors (Lipinski definition) is 0. The van der Waals surface area contributed by atoms with Gasteiger partial charge in [0.15, 0.2) is 11.6 Å². The second-order valence-corrected chi connectivity index (χ2v) is 4.03. The monoisotopic (exact) mass is 270 g/mol. The third-order valence-corrected chi connectivity index (χ3v) is 2.51. The van der Waals surface area contributed by atoms with Crippen molar-refractivity contribution in [1.29, 1.82) is 0 Å². The first-order chi connectivity index (χ1) is 8.90. The van der Waals surface area contributed by atoms with Gasteiger partial charge in [0.2, 0.25) is 0 Å². The Morgan fingerprint density at radius 2 is 1.63 bits per heavy atom. The molecule has 0 N–H and O–H groups in total. The minimum Gasteiger partial charge on any atom is -0.426 e. The van der Waals surface area contributed by atoms with Crippen LogP contribution in [0.3, 0.4) is 0 Å². The van der Waals surface area contributed by atoms with Crippen molar-refractivity contribution in [3.8, 4) is 5.75 Å². The number of rotatable bonds is 3. The summed E-state index contributed by atoms with van der Waals surface area (Å²) in [6.45, 7) is 1.61. The Bertz CT molecular complexity index is 596. The van der Waals surface area contributed by atoms with Crippen LogP contribution in [-0.2, 0) is 6.11 Å². The molecule has 0 unspecified atom stereocenters. The quantitative estimate of drug-likeness (QED) is 0.751. The summed E-state index contributed by atoms with van der Waals surface area (Å²) in [5.74, 6) is -2.66. The molecule has 0 aliphatic heterocycles. The molecule has 2 aromatic carbocycles. The number of benzene rings is 2. The maximum Gasteiger partial charge on any atom is 0.429 e. The zero-order chi connectivity index (χ0) is 14.0. The standard InChI is InChI=1S/C14H10F4O/c1-9-6-7-13(12(16)8-9)19-14(17,18)10-4-2-3-5-11(10)15/h2-8H,1H3. The highest BCUT2D eigenvalue weighted by Gasteiger charge is 2.38. The van der Waals surface area contributed by atoms with Crippen LogP contribution >= 0.6 is 0 Å². The Labute approximate surface area is 107 Å².